The number of nitrogens with one attached hydrogen (secondary N) is 1. The van der Waals surface area contributed by atoms with Crippen molar-refractivity contribution >= 4 is 38.3 Å². The Hall–Kier alpha value is -1.85. The first-order valence-corrected chi connectivity index (χ1v) is 8.09. The molecule has 0 aliphatic rings. The molecule has 0 aliphatic carbocycles. The maximum atomic E-state index is 6.02. The van der Waals surface area contributed by atoms with Crippen molar-refractivity contribution in [2.75, 3.05) is 11.1 Å². The Balaban J connectivity index is 1.82. The van der Waals surface area contributed by atoms with Crippen molar-refractivity contribution in [2.45, 2.75) is 6.54 Å². The van der Waals surface area contributed by atoms with Crippen LogP contribution in [0.25, 0.3) is 11.1 Å². The minimum Gasteiger partial charge on any atom is -0.382 e. The van der Waals surface area contributed by atoms with Crippen LogP contribution in [0, 0.1) is 0 Å². The number of halogens is 1. The summed E-state index contributed by atoms with van der Waals surface area (Å²) in [6, 6.07) is 18.3. The summed E-state index contributed by atoms with van der Waals surface area (Å²) in [5, 5.41) is 4.43. The van der Waals surface area contributed by atoms with Gasteiger partial charge in [-0.2, -0.15) is 4.37 Å². The molecule has 0 saturated carbocycles. The zero-order valence-corrected chi connectivity index (χ0v) is 13.6. The third-order valence-electron chi connectivity index (χ3n) is 3.15. The molecule has 3 rings (SSSR count). The minimum atomic E-state index is 0.574. The maximum absolute atomic E-state index is 6.02. The number of rotatable bonds is 4. The third kappa shape index (κ3) is 3.25. The predicted molar refractivity (Wildman–Crippen MR) is 93.4 cm³/mol. The number of hydrogen-bond acceptors (Lipinski definition) is 4. The van der Waals surface area contributed by atoms with E-state index in [4.69, 9.17) is 5.73 Å². The first-order chi connectivity index (χ1) is 10.2. The second kappa shape index (κ2) is 6.28. The van der Waals surface area contributed by atoms with Crippen LogP contribution in [0.2, 0.25) is 0 Å². The highest BCUT2D eigenvalue weighted by atomic mass is 79.9. The van der Waals surface area contributed by atoms with Gasteiger partial charge in [-0.25, -0.2) is 0 Å². The smallest absolute Gasteiger partial charge is 0.147 e. The fourth-order valence-electron chi connectivity index (χ4n) is 2.09. The molecule has 1 heterocycles. The number of nitrogen functional groups attached to an aromatic ring is 1. The van der Waals surface area contributed by atoms with Crippen molar-refractivity contribution in [2.24, 2.45) is 0 Å². The standard InChI is InChI=1S/C16H14BrN3S/c17-13-8-6-11(7-9-13)10-19-16-14(15(18)20-21-16)12-4-2-1-3-5-12/h1-9,19H,10H2,(H2,18,20). The molecular weight excluding hydrogens is 346 g/mol. The topological polar surface area (TPSA) is 50.9 Å². The van der Waals surface area contributed by atoms with E-state index in [-0.39, 0.29) is 0 Å². The molecule has 0 aliphatic heterocycles. The van der Waals surface area contributed by atoms with Crippen molar-refractivity contribution in [3.05, 3.63) is 64.6 Å². The van der Waals surface area contributed by atoms with Gasteiger partial charge in [0.25, 0.3) is 0 Å². The molecule has 0 fully saturated rings. The van der Waals surface area contributed by atoms with Crippen molar-refractivity contribution in [3.8, 4) is 11.1 Å². The highest BCUT2D eigenvalue weighted by molar-refractivity contribution is 9.10. The Labute approximate surface area is 136 Å². The lowest BCUT2D eigenvalue weighted by atomic mass is 10.1. The van der Waals surface area contributed by atoms with E-state index < -0.39 is 0 Å². The first kappa shape index (κ1) is 14.1. The summed E-state index contributed by atoms with van der Waals surface area (Å²) in [5.41, 5.74) is 9.30. The Morgan fingerprint density at radius 2 is 1.76 bits per heavy atom. The minimum absolute atomic E-state index is 0.574. The number of anilines is 2. The Kier molecular flexibility index (Phi) is 4.22. The number of hydrogen-bond donors (Lipinski definition) is 2. The van der Waals surface area contributed by atoms with Gasteiger partial charge in [0.1, 0.15) is 10.8 Å². The average Bonchev–Trinajstić information content (AvgIpc) is 2.88. The summed E-state index contributed by atoms with van der Waals surface area (Å²) in [6.45, 7) is 0.745. The van der Waals surface area contributed by atoms with E-state index in [2.05, 4.69) is 37.8 Å². The molecule has 2 aromatic carbocycles. The summed E-state index contributed by atoms with van der Waals surface area (Å²) in [4.78, 5) is 0. The fraction of sp³-hybridized carbons (Fsp3) is 0.0625. The van der Waals surface area contributed by atoms with Crippen LogP contribution in [0.1, 0.15) is 5.56 Å². The molecule has 3 N–H and O–H groups in total. The zero-order chi connectivity index (χ0) is 14.7. The summed E-state index contributed by atoms with van der Waals surface area (Å²) in [6.07, 6.45) is 0. The van der Waals surface area contributed by atoms with E-state index in [0.717, 1.165) is 27.1 Å². The van der Waals surface area contributed by atoms with Crippen LogP contribution < -0.4 is 11.1 Å². The lowest BCUT2D eigenvalue weighted by Gasteiger charge is -2.07. The van der Waals surface area contributed by atoms with Gasteiger partial charge in [0.05, 0.1) is 5.56 Å². The molecule has 3 aromatic rings. The fourth-order valence-corrected chi connectivity index (χ4v) is 3.09. The van der Waals surface area contributed by atoms with Crippen LogP contribution in [0.15, 0.2) is 59.1 Å². The molecule has 21 heavy (non-hydrogen) atoms. The second-order valence-corrected chi connectivity index (χ2v) is 6.31. The summed E-state index contributed by atoms with van der Waals surface area (Å²) in [7, 11) is 0. The number of benzene rings is 2. The van der Waals surface area contributed by atoms with E-state index in [9.17, 15) is 0 Å². The van der Waals surface area contributed by atoms with E-state index in [1.807, 2.05) is 42.5 Å². The molecule has 3 nitrogen and oxygen atoms in total. The van der Waals surface area contributed by atoms with E-state index in [1.165, 1.54) is 17.1 Å². The van der Waals surface area contributed by atoms with Crippen LogP contribution in [0.4, 0.5) is 10.8 Å². The highest BCUT2D eigenvalue weighted by Crippen LogP contribution is 2.36. The SMILES string of the molecule is Nc1nsc(NCc2ccc(Br)cc2)c1-c1ccccc1. The van der Waals surface area contributed by atoms with Gasteiger partial charge < -0.3 is 11.1 Å². The van der Waals surface area contributed by atoms with E-state index >= 15 is 0 Å². The van der Waals surface area contributed by atoms with Gasteiger partial charge >= 0.3 is 0 Å². The number of nitrogens with zero attached hydrogens (tertiary/aromatic N) is 1. The van der Waals surface area contributed by atoms with E-state index in [1.54, 1.807) is 0 Å². The normalized spacial score (nSPS) is 10.5. The lowest BCUT2D eigenvalue weighted by Crippen LogP contribution is -1.99. The Morgan fingerprint density at radius 1 is 1.05 bits per heavy atom. The van der Waals surface area contributed by atoms with Crippen LogP contribution >= 0.6 is 27.5 Å². The monoisotopic (exact) mass is 359 g/mol. The lowest BCUT2D eigenvalue weighted by molar-refractivity contribution is 1.16. The summed E-state index contributed by atoms with van der Waals surface area (Å²) < 4.78 is 5.35. The van der Waals surface area contributed by atoms with Crippen LogP contribution in [-0.2, 0) is 6.54 Å². The van der Waals surface area contributed by atoms with Crippen molar-refractivity contribution in [1.82, 2.24) is 4.37 Å². The van der Waals surface area contributed by atoms with Crippen LogP contribution in [0.3, 0.4) is 0 Å². The van der Waals surface area contributed by atoms with Gasteiger partial charge in [-0.1, -0.05) is 58.4 Å². The maximum Gasteiger partial charge on any atom is 0.147 e. The summed E-state index contributed by atoms with van der Waals surface area (Å²) in [5.74, 6) is 0.574. The molecule has 0 bridgehead atoms. The number of aromatic nitrogens is 1. The Morgan fingerprint density at radius 3 is 2.48 bits per heavy atom. The van der Waals surface area contributed by atoms with Crippen molar-refractivity contribution < 1.29 is 0 Å². The van der Waals surface area contributed by atoms with Crippen molar-refractivity contribution in [1.29, 1.82) is 0 Å². The Bertz CT molecular complexity index is 723. The van der Waals surface area contributed by atoms with Gasteiger partial charge in [0.2, 0.25) is 0 Å². The van der Waals surface area contributed by atoms with Gasteiger partial charge in [-0.05, 0) is 34.8 Å². The molecule has 0 saturated heterocycles. The molecule has 0 unspecified atom stereocenters. The molecule has 0 spiro atoms. The molecular formula is C16H14BrN3S. The molecule has 106 valence electrons. The van der Waals surface area contributed by atoms with Crippen molar-refractivity contribution in [3.63, 3.8) is 0 Å². The first-order valence-electron chi connectivity index (χ1n) is 6.53. The van der Waals surface area contributed by atoms with Gasteiger partial charge in [0, 0.05) is 11.0 Å². The molecule has 1 aromatic heterocycles. The average molecular weight is 360 g/mol. The predicted octanol–water partition coefficient (Wildman–Crippen LogP) is 4.77. The van der Waals surface area contributed by atoms with Gasteiger partial charge in [0.15, 0.2) is 0 Å². The third-order valence-corrected chi connectivity index (χ3v) is 4.49. The second-order valence-electron chi connectivity index (χ2n) is 4.62. The quantitative estimate of drug-likeness (QED) is 0.705. The van der Waals surface area contributed by atoms with Gasteiger partial charge in [-0.15, -0.1) is 0 Å². The van der Waals surface area contributed by atoms with E-state index in [0.29, 0.717) is 5.82 Å². The molecule has 0 radical (unpaired) electrons. The van der Waals surface area contributed by atoms with Gasteiger partial charge in [-0.3, -0.25) is 0 Å². The number of nitrogens with two attached hydrogens (primary N) is 1. The van der Waals surface area contributed by atoms with Crippen LogP contribution in [-0.4, -0.2) is 4.37 Å². The molecule has 0 atom stereocenters. The largest absolute Gasteiger partial charge is 0.382 e. The van der Waals surface area contributed by atoms with Crippen LogP contribution in [0.5, 0.6) is 0 Å². The zero-order valence-electron chi connectivity index (χ0n) is 11.2. The molecule has 0 amide bonds. The highest BCUT2D eigenvalue weighted by Gasteiger charge is 2.13. The summed E-state index contributed by atoms with van der Waals surface area (Å²) >= 11 is 4.84. The molecule has 5 heteroatoms.